The lowest BCUT2D eigenvalue weighted by Crippen LogP contribution is -2.23. The number of rotatable bonds is 5. The van der Waals surface area contributed by atoms with Gasteiger partial charge >= 0.3 is 6.09 Å². The van der Waals surface area contributed by atoms with Crippen molar-refractivity contribution in [1.82, 2.24) is 4.90 Å². The van der Waals surface area contributed by atoms with E-state index in [4.69, 9.17) is 4.74 Å². The molecule has 0 heterocycles. The third-order valence-electron chi connectivity index (χ3n) is 1.39. The van der Waals surface area contributed by atoms with E-state index in [2.05, 4.69) is 6.58 Å². The average Bonchev–Trinajstić information content (AvgIpc) is 2.03. The summed E-state index contributed by atoms with van der Waals surface area (Å²) in [4.78, 5) is 12.3. The maximum Gasteiger partial charge on any atom is 0.409 e. The molecule has 70 valence electrons. The molecule has 0 aliphatic carbocycles. The number of nitrogens with zero attached hydrogens (tertiary/aromatic N) is 1. The SMILES string of the molecule is C=CCCCCOC(=O)N(C)C. The Labute approximate surface area is 74.0 Å². The molecule has 3 nitrogen and oxygen atoms in total. The van der Waals surface area contributed by atoms with Crippen molar-refractivity contribution in [2.75, 3.05) is 20.7 Å². The van der Waals surface area contributed by atoms with Crippen LogP contribution in [0, 0.1) is 0 Å². The minimum atomic E-state index is -0.270. The molecule has 0 saturated heterocycles. The minimum Gasteiger partial charge on any atom is -0.449 e. The van der Waals surface area contributed by atoms with Crippen LogP contribution in [0.15, 0.2) is 12.7 Å². The topological polar surface area (TPSA) is 29.5 Å². The largest absolute Gasteiger partial charge is 0.449 e. The van der Waals surface area contributed by atoms with Crippen LogP contribution in [0.25, 0.3) is 0 Å². The summed E-state index contributed by atoms with van der Waals surface area (Å²) in [6.07, 6.45) is 4.52. The third kappa shape index (κ3) is 5.77. The second-order valence-corrected chi connectivity index (χ2v) is 2.79. The fourth-order valence-electron chi connectivity index (χ4n) is 0.679. The maximum absolute atomic E-state index is 10.9. The normalized spacial score (nSPS) is 9.17. The number of carbonyl (C=O) groups excluding carboxylic acids is 1. The summed E-state index contributed by atoms with van der Waals surface area (Å²) in [6.45, 7) is 4.11. The molecule has 0 aromatic carbocycles. The molecule has 12 heavy (non-hydrogen) atoms. The van der Waals surface area contributed by atoms with E-state index in [1.54, 1.807) is 14.1 Å². The molecule has 0 spiro atoms. The number of carbonyl (C=O) groups is 1. The highest BCUT2D eigenvalue weighted by Gasteiger charge is 2.02. The molecule has 0 aromatic rings. The van der Waals surface area contributed by atoms with E-state index in [0.717, 1.165) is 19.3 Å². The Hall–Kier alpha value is -0.990. The van der Waals surface area contributed by atoms with Crippen molar-refractivity contribution in [3.63, 3.8) is 0 Å². The summed E-state index contributed by atoms with van der Waals surface area (Å²) in [7, 11) is 3.35. The molecule has 0 atom stereocenters. The van der Waals surface area contributed by atoms with Gasteiger partial charge in [0, 0.05) is 14.1 Å². The van der Waals surface area contributed by atoms with Crippen molar-refractivity contribution in [2.24, 2.45) is 0 Å². The number of hydrogen-bond donors (Lipinski definition) is 0. The van der Waals surface area contributed by atoms with Gasteiger partial charge in [0.05, 0.1) is 6.61 Å². The van der Waals surface area contributed by atoms with E-state index in [-0.39, 0.29) is 6.09 Å². The molecular formula is C9H17NO2. The number of amides is 1. The Morgan fingerprint density at radius 3 is 2.67 bits per heavy atom. The molecule has 3 heteroatoms. The lowest BCUT2D eigenvalue weighted by Gasteiger charge is -2.10. The molecule has 0 aliphatic rings. The minimum absolute atomic E-state index is 0.270. The van der Waals surface area contributed by atoms with Crippen LogP contribution in [0.3, 0.4) is 0 Å². The van der Waals surface area contributed by atoms with Gasteiger partial charge in [0.1, 0.15) is 0 Å². The first kappa shape index (κ1) is 11.0. The molecular weight excluding hydrogens is 154 g/mol. The van der Waals surface area contributed by atoms with Crippen LogP contribution >= 0.6 is 0 Å². The van der Waals surface area contributed by atoms with E-state index < -0.39 is 0 Å². The van der Waals surface area contributed by atoms with Gasteiger partial charge in [-0.3, -0.25) is 0 Å². The molecule has 0 radical (unpaired) electrons. The fourth-order valence-corrected chi connectivity index (χ4v) is 0.679. The zero-order chi connectivity index (χ0) is 9.40. The van der Waals surface area contributed by atoms with E-state index >= 15 is 0 Å². The molecule has 0 aromatic heterocycles. The van der Waals surface area contributed by atoms with Crippen LogP contribution in [0.1, 0.15) is 19.3 Å². The Balaban J connectivity index is 3.19. The monoisotopic (exact) mass is 171 g/mol. The van der Waals surface area contributed by atoms with Gasteiger partial charge in [-0.05, 0) is 19.3 Å². The van der Waals surface area contributed by atoms with Gasteiger partial charge in [0.15, 0.2) is 0 Å². The van der Waals surface area contributed by atoms with Gasteiger partial charge in [0.25, 0.3) is 0 Å². The second kappa shape index (κ2) is 6.70. The summed E-state index contributed by atoms with van der Waals surface area (Å²) < 4.78 is 4.90. The molecule has 0 N–H and O–H groups in total. The van der Waals surface area contributed by atoms with Gasteiger partial charge in [-0.25, -0.2) is 4.79 Å². The molecule has 1 amide bonds. The summed E-state index contributed by atoms with van der Waals surface area (Å²) in [5.74, 6) is 0. The predicted molar refractivity (Wildman–Crippen MR) is 49.1 cm³/mol. The fraction of sp³-hybridized carbons (Fsp3) is 0.667. The zero-order valence-corrected chi connectivity index (χ0v) is 7.88. The van der Waals surface area contributed by atoms with Crippen LogP contribution in [0.5, 0.6) is 0 Å². The second-order valence-electron chi connectivity index (χ2n) is 2.79. The van der Waals surface area contributed by atoms with Crippen LogP contribution in [0.4, 0.5) is 4.79 Å². The highest BCUT2D eigenvalue weighted by molar-refractivity contribution is 5.66. The first-order valence-corrected chi connectivity index (χ1v) is 4.13. The average molecular weight is 171 g/mol. The number of unbranched alkanes of at least 4 members (excludes halogenated alkanes) is 2. The summed E-state index contributed by atoms with van der Waals surface area (Å²) in [5.41, 5.74) is 0. The van der Waals surface area contributed by atoms with Crippen LogP contribution < -0.4 is 0 Å². The maximum atomic E-state index is 10.9. The van der Waals surface area contributed by atoms with Gasteiger partial charge in [-0.2, -0.15) is 0 Å². The lowest BCUT2D eigenvalue weighted by molar-refractivity contribution is 0.117. The number of ether oxygens (including phenoxy) is 1. The van der Waals surface area contributed by atoms with Crippen molar-refractivity contribution < 1.29 is 9.53 Å². The van der Waals surface area contributed by atoms with Gasteiger partial charge in [-0.15, -0.1) is 6.58 Å². The number of hydrogen-bond acceptors (Lipinski definition) is 2. The van der Waals surface area contributed by atoms with Crippen LogP contribution in [-0.2, 0) is 4.74 Å². The van der Waals surface area contributed by atoms with Crippen molar-refractivity contribution in [3.8, 4) is 0 Å². The Morgan fingerprint density at radius 1 is 1.50 bits per heavy atom. The Kier molecular flexibility index (Phi) is 6.15. The van der Waals surface area contributed by atoms with Crippen molar-refractivity contribution in [3.05, 3.63) is 12.7 Å². The highest BCUT2D eigenvalue weighted by atomic mass is 16.6. The first-order valence-electron chi connectivity index (χ1n) is 4.13. The molecule has 0 unspecified atom stereocenters. The standard InChI is InChI=1S/C9H17NO2/c1-4-5-6-7-8-12-9(11)10(2)3/h4H,1,5-8H2,2-3H3. The highest BCUT2D eigenvalue weighted by Crippen LogP contribution is 1.97. The third-order valence-corrected chi connectivity index (χ3v) is 1.39. The van der Waals surface area contributed by atoms with E-state index in [1.165, 1.54) is 4.90 Å². The van der Waals surface area contributed by atoms with E-state index in [1.807, 2.05) is 6.08 Å². The molecule has 0 fully saturated rings. The molecule has 0 rings (SSSR count). The zero-order valence-electron chi connectivity index (χ0n) is 7.88. The lowest BCUT2D eigenvalue weighted by atomic mass is 10.2. The molecule has 0 aliphatic heterocycles. The summed E-state index contributed by atoms with van der Waals surface area (Å²) in [5, 5.41) is 0. The van der Waals surface area contributed by atoms with Crippen LogP contribution in [0.2, 0.25) is 0 Å². The summed E-state index contributed by atoms with van der Waals surface area (Å²) >= 11 is 0. The molecule has 0 saturated carbocycles. The predicted octanol–water partition coefficient (Wildman–Crippen LogP) is 2.04. The Morgan fingerprint density at radius 2 is 2.17 bits per heavy atom. The quantitative estimate of drug-likeness (QED) is 0.468. The van der Waals surface area contributed by atoms with Gasteiger partial charge in [0.2, 0.25) is 0 Å². The molecule has 0 bridgehead atoms. The van der Waals surface area contributed by atoms with Gasteiger partial charge < -0.3 is 9.64 Å². The van der Waals surface area contributed by atoms with E-state index in [9.17, 15) is 4.79 Å². The summed E-state index contributed by atoms with van der Waals surface area (Å²) in [6, 6.07) is 0. The van der Waals surface area contributed by atoms with E-state index in [0.29, 0.717) is 6.61 Å². The smallest absolute Gasteiger partial charge is 0.409 e. The number of allylic oxidation sites excluding steroid dienone is 1. The van der Waals surface area contributed by atoms with Crippen molar-refractivity contribution in [2.45, 2.75) is 19.3 Å². The Bertz CT molecular complexity index is 143. The van der Waals surface area contributed by atoms with Crippen LogP contribution in [-0.4, -0.2) is 31.7 Å². The van der Waals surface area contributed by atoms with Crippen molar-refractivity contribution >= 4 is 6.09 Å². The first-order chi connectivity index (χ1) is 5.68. The van der Waals surface area contributed by atoms with Gasteiger partial charge in [-0.1, -0.05) is 6.08 Å². The van der Waals surface area contributed by atoms with Crippen molar-refractivity contribution in [1.29, 1.82) is 0 Å².